The monoisotopic (exact) mass is 323 g/mol. The summed E-state index contributed by atoms with van der Waals surface area (Å²) in [5, 5.41) is 0. The van der Waals surface area contributed by atoms with E-state index in [0.717, 1.165) is 24.6 Å². The highest BCUT2D eigenvalue weighted by molar-refractivity contribution is 6.76. The number of methoxy groups -OCH3 is 1. The predicted octanol–water partition coefficient (Wildman–Crippen LogP) is 3.11. The summed E-state index contributed by atoms with van der Waals surface area (Å²) in [5.74, 6) is -0.316. The van der Waals surface area contributed by atoms with Gasteiger partial charge in [-0.25, -0.2) is 4.79 Å². The molecule has 0 unspecified atom stereocenters. The van der Waals surface area contributed by atoms with Crippen molar-refractivity contribution in [3.63, 3.8) is 0 Å². The first kappa shape index (κ1) is 17.0. The number of ketones is 1. The van der Waals surface area contributed by atoms with Crippen molar-refractivity contribution in [1.82, 2.24) is 4.57 Å². The van der Waals surface area contributed by atoms with Crippen LogP contribution in [0.3, 0.4) is 0 Å². The first-order valence-electron chi connectivity index (χ1n) is 7.75. The average molecular weight is 323 g/mol. The number of ether oxygens (including phenoxy) is 2. The van der Waals surface area contributed by atoms with Gasteiger partial charge in [0.15, 0.2) is 5.78 Å². The van der Waals surface area contributed by atoms with Crippen LogP contribution in [0.5, 0.6) is 0 Å². The molecule has 2 rings (SSSR count). The molecular weight excluding hydrogens is 298 g/mol. The lowest BCUT2D eigenvalue weighted by atomic mass is 9.97. The van der Waals surface area contributed by atoms with Gasteiger partial charge in [0.1, 0.15) is 12.4 Å². The number of nitrogens with zero attached hydrogens (tertiary/aromatic N) is 1. The lowest BCUT2D eigenvalue weighted by Gasteiger charge is -2.18. The third-order valence-electron chi connectivity index (χ3n) is 3.94. The van der Waals surface area contributed by atoms with Gasteiger partial charge in [-0.1, -0.05) is 19.6 Å². The minimum Gasteiger partial charge on any atom is -0.464 e. The highest BCUT2D eigenvalue weighted by Crippen LogP contribution is 2.26. The van der Waals surface area contributed by atoms with Gasteiger partial charge in [-0.05, 0) is 25.0 Å². The molecule has 0 aromatic carbocycles. The van der Waals surface area contributed by atoms with Gasteiger partial charge in [0.25, 0.3) is 0 Å². The van der Waals surface area contributed by atoms with E-state index in [1.807, 2.05) is 4.57 Å². The van der Waals surface area contributed by atoms with E-state index in [4.69, 9.17) is 9.47 Å². The van der Waals surface area contributed by atoms with Crippen LogP contribution in [0.15, 0.2) is 6.07 Å². The lowest BCUT2D eigenvalue weighted by molar-refractivity contribution is 0.0535. The molecule has 22 heavy (non-hydrogen) atoms. The zero-order valence-corrected chi connectivity index (χ0v) is 14.9. The Hall–Kier alpha value is -1.40. The Morgan fingerprint density at radius 2 is 2.05 bits per heavy atom. The Bertz CT molecular complexity index is 571. The molecule has 5 nitrogen and oxygen atoms in total. The smallest absolute Gasteiger partial charge is 0.354 e. The summed E-state index contributed by atoms with van der Waals surface area (Å²) in [6.45, 7) is 7.88. The van der Waals surface area contributed by atoms with Crippen molar-refractivity contribution in [2.75, 3.05) is 13.7 Å². The van der Waals surface area contributed by atoms with Gasteiger partial charge in [0.05, 0.1) is 7.11 Å². The van der Waals surface area contributed by atoms with Gasteiger partial charge in [0, 0.05) is 32.4 Å². The standard InChI is InChI=1S/C16H25NO4Si/c1-20-16(19)14-10-12-13(6-5-7-15(12)18)17(14)11-21-8-9-22(2,3)4/h10H,5-9,11H2,1-4H3. The summed E-state index contributed by atoms with van der Waals surface area (Å²) in [5.41, 5.74) is 1.97. The van der Waals surface area contributed by atoms with E-state index in [-0.39, 0.29) is 5.78 Å². The van der Waals surface area contributed by atoms with Crippen molar-refractivity contribution in [1.29, 1.82) is 0 Å². The minimum atomic E-state index is -1.14. The highest BCUT2D eigenvalue weighted by Gasteiger charge is 2.27. The van der Waals surface area contributed by atoms with Crippen LogP contribution >= 0.6 is 0 Å². The van der Waals surface area contributed by atoms with Crippen molar-refractivity contribution in [3.8, 4) is 0 Å². The largest absolute Gasteiger partial charge is 0.464 e. The number of fused-ring (bicyclic) bond motifs is 1. The second kappa shape index (κ2) is 6.79. The van der Waals surface area contributed by atoms with Crippen LogP contribution in [-0.4, -0.2) is 38.1 Å². The molecule has 1 aliphatic rings. The van der Waals surface area contributed by atoms with Gasteiger partial charge in [-0.3, -0.25) is 4.79 Å². The van der Waals surface area contributed by atoms with E-state index in [1.165, 1.54) is 7.11 Å². The zero-order chi connectivity index (χ0) is 16.3. The maximum absolute atomic E-state index is 12.0. The maximum Gasteiger partial charge on any atom is 0.354 e. The summed E-state index contributed by atoms with van der Waals surface area (Å²) in [6.07, 6.45) is 2.18. The number of carbonyl (C=O) groups excluding carboxylic acids is 2. The molecule has 1 aromatic rings. The fraction of sp³-hybridized carbons (Fsp3) is 0.625. The number of esters is 1. The summed E-state index contributed by atoms with van der Waals surface area (Å²) in [4.78, 5) is 24.0. The highest BCUT2D eigenvalue weighted by atomic mass is 28.3. The normalized spacial score (nSPS) is 14.8. The van der Waals surface area contributed by atoms with Crippen LogP contribution in [0.2, 0.25) is 25.7 Å². The number of aromatic nitrogens is 1. The molecular formula is C16H25NO4Si. The van der Waals surface area contributed by atoms with Crippen molar-refractivity contribution in [2.24, 2.45) is 0 Å². The maximum atomic E-state index is 12.0. The van der Waals surface area contributed by atoms with Crippen molar-refractivity contribution < 1.29 is 19.1 Å². The SMILES string of the molecule is COC(=O)c1cc2c(n1COCC[Si](C)(C)C)CCCC2=O. The molecule has 0 amide bonds. The van der Waals surface area contributed by atoms with E-state index in [9.17, 15) is 9.59 Å². The molecule has 0 atom stereocenters. The molecule has 0 N–H and O–H groups in total. The van der Waals surface area contributed by atoms with Crippen molar-refractivity contribution >= 4 is 19.8 Å². The Balaban J connectivity index is 2.17. The van der Waals surface area contributed by atoms with Gasteiger partial charge in [0.2, 0.25) is 0 Å². The van der Waals surface area contributed by atoms with Crippen LogP contribution in [0.25, 0.3) is 0 Å². The van der Waals surface area contributed by atoms with Crippen LogP contribution in [0, 0.1) is 0 Å². The van der Waals surface area contributed by atoms with Gasteiger partial charge in [-0.15, -0.1) is 0 Å². The molecule has 122 valence electrons. The first-order valence-corrected chi connectivity index (χ1v) is 11.5. The fourth-order valence-corrected chi connectivity index (χ4v) is 3.36. The lowest BCUT2D eigenvalue weighted by Crippen LogP contribution is -2.23. The summed E-state index contributed by atoms with van der Waals surface area (Å²) < 4.78 is 12.4. The van der Waals surface area contributed by atoms with Crippen LogP contribution in [0.4, 0.5) is 0 Å². The molecule has 6 heteroatoms. The number of rotatable bonds is 6. The van der Waals surface area contributed by atoms with Gasteiger partial charge < -0.3 is 14.0 Å². The van der Waals surface area contributed by atoms with E-state index in [2.05, 4.69) is 19.6 Å². The van der Waals surface area contributed by atoms with E-state index in [1.54, 1.807) is 6.07 Å². The Labute approximate surface area is 132 Å². The quantitative estimate of drug-likeness (QED) is 0.458. The van der Waals surface area contributed by atoms with Crippen LogP contribution in [-0.2, 0) is 22.6 Å². The molecule has 1 aliphatic carbocycles. The summed E-state index contributed by atoms with van der Waals surface area (Å²) in [6, 6.07) is 2.73. The molecule has 0 saturated heterocycles. The van der Waals surface area contributed by atoms with Gasteiger partial charge in [-0.2, -0.15) is 0 Å². The van der Waals surface area contributed by atoms with E-state index < -0.39 is 14.0 Å². The second-order valence-electron chi connectivity index (χ2n) is 6.93. The summed E-state index contributed by atoms with van der Waals surface area (Å²) in [7, 11) is 0.213. The number of hydrogen-bond acceptors (Lipinski definition) is 4. The zero-order valence-electron chi connectivity index (χ0n) is 13.9. The number of hydrogen-bond donors (Lipinski definition) is 0. The Morgan fingerprint density at radius 3 is 2.68 bits per heavy atom. The Kier molecular flexibility index (Phi) is 5.23. The van der Waals surface area contributed by atoms with Crippen molar-refractivity contribution in [2.45, 2.75) is 51.7 Å². The molecule has 1 heterocycles. The van der Waals surface area contributed by atoms with Crippen LogP contribution in [0.1, 0.15) is 39.4 Å². The molecule has 0 bridgehead atoms. The average Bonchev–Trinajstić information content (AvgIpc) is 2.82. The molecule has 0 fully saturated rings. The molecule has 0 saturated carbocycles. The van der Waals surface area contributed by atoms with E-state index >= 15 is 0 Å². The second-order valence-corrected chi connectivity index (χ2v) is 12.6. The third-order valence-corrected chi connectivity index (χ3v) is 5.64. The minimum absolute atomic E-state index is 0.104. The predicted molar refractivity (Wildman–Crippen MR) is 87.1 cm³/mol. The fourth-order valence-electron chi connectivity index (χ4n) is 2.61. The van der Waals surface area contributed by atoms with E-state index in [0.29, 0.717) is 31.0 Å². The van der Waals surface area contributed by atoms with Gasteiger partial charge >= 0.3 is 5.97 Å². The third kappa shape index (κ3) is 3.87. The molecule has 0 aliphatic heterocycles. The Morgan fingerprint density at radius 1 is 1.32 bits per heavy atom. The molecule has 1 aromatic heterocycles. The molecule has 0 radical (unpaired) electrons. The molecule has 0 spiro atoms. The first-order chi connectivity index (χ1) is 10.3. The number of carbonyl (C=O) groups is 2. The summed E-state index contributed by atoms with van der Waals surface area (Å²) >= 11 is 0. The number of Topliss-reactive ketones (excluding diaryl/α,β-unsaturated/α-hetero) is 1. The topological polar surface area (TPSA) is 57.5 Å². The van der Waals surface area contributed by atoms with Crippen LogP contribution < -0.4 is 0 Å². The van der Waals surface area contributed by atoms with Crippen molar-refractivity contribution in [3.05, 3.63) is 23.0 Å².